The van der Waals surface area contributed by atoms with E-state index in [-0.39, 0.29) is 0 Å². The third-order valence-electron chi connectivity index (χ3n) is 2.94. The Morgan fingerprint density at radius 1 is 1.43 bits per heavy atom. The van der Waals surface area contributed by atoms with Gasteiger partial charge in [-0.3, -0.25) is 14.7 Å². The van der Waals surface area contributed by atoms with Crippen LogP contribution in [0.3, 0.4) is 0 Å². The van der Waals surface area contributed by atoms with E-state index in [1.54, 1.807) is 0 Å². The third-order valence-corrected chi connectivity index (χ3v) is 2.94. The molecular formula is C10H12F3N3O5. The highest BCUT2D eigenvalue weighted by atomic mass is 19.4. The van der Waals surface area contributed by atoms with Gasteiger partial charge < -0.3 is 20.1 Å². The molecule has 8 nitrogen and oxygen atoms in total. The number of halogens is 3. The SMILES string of the molecule is O=C(Nc1nccn1[C@H]1O[C@H](CO)[C@@H](O)[C@@H]1O)C(F)(F)F. The zero-order valence-electron chi connectivity index (χ0n) is 10.4. The summed E-state index contributed by atoms with van der Waals surface area (Å²) in [6.07, 6.45) is -8.17. The maximum atomic E-state index is 12.2. The van der Waals surface area contributed by atoms with Crippen LogP contribution in [-0.2, 0) is 9.53 Å². The number of ether oxygens (including phenoxy) is 1. The fourth-order valence-corrected chi connectivity index (χ4v) is 1.90. The number of aliphatic hydroxyl groups is 3. The Labute approximate surface area is 115 Å². The van der Waals surface area contributed by atoms with Gasteiger partial charge in [-0.25, -0.2) is 4.98 Å². The second-order valence-corrected chi connectivity index (χ2v) is 4.34. The van der Waals surface area contributed by atoms with E-state index in [2.05, 4.69) is 4.98 Å². The molecule has 0 aliphatic carbocycles. The quantitative estimate of drug-likeness (QED) is 0.569. The highest BCUT2D eigenvalue weighted by Crippen LogP contribution is 2.31. The average molecular weight is 311 g/mol. The number of aliphatic hydroxyl groups excluding tert-OH is 3. The fraction of sp³-hybridized carbons (Fsp3) is 0.600. The van der Waals surface area contributed by atoms with Crippen molar-refractivity contribution in [1.29, 1.82) is 0 Å². The summed E-state index contributed by atoms with van der Waals surface area (Å²) in [6.45, 7) is -0.590. The van der Waals surface area contributed by atoms with Crippen LogP contribution in [0.5, 0.6) is 0 Å². The Balaban J connectivity index is 2.19. The van der Waals surface area contributed by atoms with Crippen LogP contribution in [0.4, 0.5) is 19.1 Å². The van der Waals surface area contributed by atoms with E-state index < -0.39 is 49.2 Å². The molecule has 1 aliphatic heterocycles. The largest absolute Gasteiger partial charge is 0.471 e. The predicted octanol–water partition coefficient (Wildman–Crippen LogP) is -1.00. The number of hydrogen-bond acceptors (Lipinski definition) is 6. The first kappa shape index (κ1) is 15.7. The molecule has 1 fully saturated rings. The summed E-state index contributed by atoms with van der Waals surface area (Å²) in [7, 11) is 0. The van der Waals surface area contributed by atoms with Gasteiger partial charge in [-0.2, -0.15) is 13.2 Å². The normalized spacial score (nSPS) is 29.6. The van der Waals surface area contributed by atoms with Gasteiger partial charge in [0.2, 0.25) is 5.95 Å². The Kier molecular flexibility index (Phi) is 4.18. The lowest BCUT2D eigenvalue weighted by Gasteiger charge is -2.19. The van der Waals surface area contributed by atoms with Crippen molar-refractivity contribution in [3.63, 3.8) is 0 Å². The minimum atomic E-state index is -5.10. The predicted molar refractivity (Wildman–Crippen MR) is 59.9 cm³/mol. The van der Waals surface area contributed by atoms with Gasteiger partial charge in [-0.1, -0.05) is 0 Å². The molecule has 21 heavy (non-hydrogen) atoms. The van der Waals surface area contributed by atoms with E-state index in [1.165, 1.54) is 5.32 Å². The van der Waals surface area contributed by atoms with Crippen LogP contribution in [0, 0.1) is 0 Å². The van der Waals surface area contributed by atoms with E-state index in [4.69, 9.17) is 9.84 Å². The molecule has 0 radical (unpaired) electrons. The molecule has 0 bridgehead atoms. The van der Waals surface area contributed by atoms with Crippen LogP contribution < -0.4 is 5.32 Å². The van der Waals surface area contributed by atoms with Crippen LogP contribution >= 0.6 is 0 Å². The zero-order valence-corrected chi connectivity index (χ0v) is 10.4. The summed E-state index contributed by atoms with van der Waals surface area (Å²) in [6, 6.07) is 0. The minimum Gasteiger partial charge on any atom is -0.394 e. The van der Waals surface area contributed by atoms with E-state index in [9.17, 15) is 28.2 Å². The van der Waals surface area contributed by atoms with E-state index in [0.29, 0.717) is 0 Å². The molecule has 2 heterocycles. The summed E-state index contributed by atoms with van der Waals surface area (Å²) in [5.41, 5.74) is 0. The maximum absolute atomic E-state index is 12.2. The van der Waals surface area contributed by atoms with Crippen molar-refractivity contribution < 1.29 is 38.0 Å². The topological polar surface area (TPSA) is 117 Å². The summed E-state index contributed by atoms with van der Waals surface area (Å²) in [5.74, 6) is -2.74. The summed E-state index contributed by atoms with van der Waals surface area (Å²) in [4.78, 5) is 14.4. The van der Waals surface area contributed by atoms with Gasteiger partial charge in [0.25, 0.3) is 0 Å². The smallest absolute Gasteiger partial charge is 0.394 e. The Hall–Kier alpha value is -1.69. The van der Waals surface area contributed by atoms with Crippen molar-refractivity contribution in [2.45, 2.75) is 30.7 Å². The molecule has 1 aromatic rings. The Morgan fingerprint density at radius 2 is 2.10 bits per heavy atom. The molecule has 11 heteroatoms. The van der Waals surface area contributed by atoms with Crippen molar-refractivity contribution >= 4 is 11.9 Å². The Morgan fingerprint density at radius 3 is 2.62 bits per heavy atom. The molecule has 2 rings (SSSR count). The second kappa shape index (κ2) is 5.60. The lowest BCUT2D eigenvalue weighted by atomic mass is 10.1. The van der Waals surface area contributed by atoms with E-state index in [1.807, 2.05) is 0 Å². The van der Waals surface area contributed by atoms with Crippen molar-refractivity contribution in [2.24, 2.45) is 0 Å². The lowest BCUT2D eigenvalue weighted by Crippen LogP contribution is -2.34. The molecular weight excluding hydrogens is 299 g/mol. The molecule has 1 amide bonds. The van der Waals surface area contributed by atoms with Gasteiger partial charge in [0.05, 0.1) is 6.61 Å². The van der Waals surface area contributed by atoms with Crippen LogP contribution in [0.15, 0.2) is 12.4 Å². The van der Waals surface area contributed by atoms with Crippen LogP contribution in [0.1, 0.15) is 6.23 Å². The number of nitrogens with one attached hydrogen (secondary N) is 1. The van der Waals surface area contributed by atoms with Crippen molar-refractivity contribution in [2.75, 3.05) is 11.9 Å². The maximum Gasteiger partial charge on any atom is 0.471 e. The van der Waals surface area contributed by atoms with Crippen LogP contribution in [-0.4, -0.2) is 61.9 Å². The van der Waals surface area contributed by atoms with Gasteiger partial charge in [0.15, 0.2) is 6.23 Å². The number of imidazole rings is 1. The number of rotatable bonds is 3. The van der Waals surface area contributed by atoms with Crippen molar-refractivity contribution in [3.8, 4) is 0 Å². The summed E-state index contributed by atoms with van der Waals surface area (Å²) >= 11 is 0. The molecule has 0 unspecified atom stereocenters. The van der Waals surface area contributed by atoms with E-state index >= 15 is 0 Å². The molecule has 4 N–H and O–H groups in total. The zero-order chi connectivity index (χ0) is 15.8. The molecule has 0 spiro atoms. The Bertz CT molecular complexity index is 520. The number of anilines is 1. The number of hydrogen-bond donors (Lipinski definition) is 4. The summed E-state index contributed by atoms with van der Waals surface area (Å²) in [5, 5.41) is 29.9. The molecule has 4 atom stereocenters. The van der Waals surface area contributed by atoms with Crippen molar-refractivity contribution in [3.05, 3.63) is 12.4 Å². The number of carbonyl (C=O) groups is 1. The fourth-order valence-electron chi connectivity index (χ4n) is 1.90. The van der Waals surface area contributed by atoms with Gasteiger partial charge >= 0.3 is 12.1 Å². The number of alkyl halides is 3. The third kappa shape index (κ3) is 3.00. The number of amides is 1. The van der Waals surface area contributed by atoms with Gasteiger partial charge in [-0.15, -0.1) is 0 Å². The van der Waals surface area contributed by atoms with Gasteiger partial charge in [0.1, 0.15) is 18.3 Å². The molecule has 118 valence electrons. The second-order valence-electron chi connectivity index (χ2n) is 4.34. The van der Waals surface area contributed by atoms with Crippen LogP contribution in [0.25, 0.3) is 0 Å². The number of carbonyl (C=O) groups excluding carboxylic acids is 1. The first-order valence-electron chi connectivity index (χ1n) is 5.79. The highest BCUT2D eigenvalue weighted by Gasteiger charge is 2.45. The van der Waals surface area contributed by atoms with Gasteiger partial charge in [0, 0.05) is 12.4 Å². The first-order chi connectivity index (χ1) is 9.75. The molecule has 1 saturated heterocycles. The molecule has 1 aliphatic rings. The first-order valence-corrected chi connectivity index (χ1v) is 5.79. The highest BCUT2D eigenvalue weighted by molar-refractivity contribution is 5.93. The van der Waals surface area contributed by atoms with Gasteiger partial charge in [-0.05, 0) is 0 Å². The monoisotopic (exact) mass is 311 g/mol. The molecule has 0 aromatic carbocycles. The molecule has 0 saturated carbocycles. The number of aromatic nitrogens is 2. The van der Waals surface area contributed by atoms with Crippen LogP contribution in [0.2, 0.25) is 0 Å². The summed E-state index contributed by atoms with van der Waals surface area (Å²) < 4.78 is 42.7. The number of nitrogens with zero attached hydrogens (tertiary/aromatic N) is 2. The lowest BCUT2D eigenvalue weighted by molar-refractivity contribution is -0.167. The van der Waals surface area contributed by atoms with E-state index in [0.717, 1.165) is 17.0 Å². The minimum absolute atomic E-state index is 0.507. The molecule has 1 aromatic heterocycles. The standard InChI is InChI=1S/C10H12F3N3O5/c11-10(12,13)8(20)15-9-14-1-2-16(9)7-6(19)5(18)4(3-17)21-7/h1-2,4-7,17-19H,3H2,(H,14,15,20)/t4-,5-,6+,7+/m1/s1. The van der Waals surface area contributed by atoms with Crippen molar-refractivity contribution in [1.82, 2.24) is 9.55 Å². The average Bonchev–Trinajstić information content (AvgIpc) is 2.95.